The number of hydrogen-bond acceptors (Lipinski definition) is 6. The van der Waals surface area contributed by atoms with E-state index >= 15 is 0 Å². The van der Waals surface area contributed by atoms with E-state index in [1.54, 1.807) is 29.3 Å². The van der Waals surface area contributed by atoms with Gasteiger partial charge in [0, 0.05) is 18.8 Å². The van der Waals surface area contributed by atoms with E-state index in [-0.39, 0.29) is 17.5 Å². The number of pyridine rings is 1. The van der Waals surface area contributed by atoms with Crippen LogP contribution in [-0.4, -0.2) is 37.1 Å². The van der Waals surface area contributed by atoms with Crippen molar-refractivity contribution in [2.45, 2.75) is 45.1 Å². The van der Waals surface area contributed by atoms with Crippen LogP contribution in [0.15, 0.2) is 34.1 Å². The standard InChI is InChI=1S/C20H22N4O2S2/c1-2-10-21-17-14(18(25)23-11-6-5-9-16(23)22-17)12-15-19(26)24(20(27)28-15)13-7-3-4-8-13/h5-6,9,11-13,21H,2-4,7-8,10H2,1H3/b15-12+. The van der Waals surface area contributed by atoms with Crippen molar-refractivity contribution in [3.05, 3.63) is 45.2 Å². The first-order chi connectivity index (χ1) is 13.6. The molecule has 0 spiro atoms. The molecule has 3 heterocycles. The number of carbonyl (C=O) groups is 1. The first-order valence-corrected chi connectivity index (χ1v) is 10.8. The second kappa shape index (κ2) is 8.05. The van der Waals surface area contributed by atoms with Crippen LogP contribution in [0.5, 0.6) is 0 Å². The molecule has 0 unspecified atom stereocenters. The lowest BCUT2D eigenvalue weighted by atomic mass is 10.2. The number of amides is 1. The van der Waals surface area contributed by atoms with Gasteiger partial charge in [-0.25, -0.2) is 4.98 Å². The Kier molecular flexibility index (Phi) is 5.50. The van der Waals surface area contributed by atoms with E-state index in [1.807, 2.05) is 13.0 Å². The number of nitrogens with zero attached hydrogens (tertiary/aromatic N) is 3. The van der Waals surface area contributed by atoms with Gasteiger partial charge in [0.05, 0.1) is 10.5 Å². The SMILES string of the molecule is CCCNc1nc2ccccn2c(=O)c1/C=C1/SC(=S)N(C2CCCC2)C1=O. The largest absolute Gasteiger partial charge is 0.369 e. The lowest BCUT2D eigenvalue weighted by molar-refractivity contribution is -0.123. The highest BCUT2D eigenvalue weighted by Gasteiger charge is 2.38. The number of rotatable bonds is 5. The highest BCUT2D eigenvalue weighted by atomic mass is 32.2. The number of hydrogen-bond donors (Lipinski definition) is 1. The minimum absolute atomic E-state index is 0.0964. The van der Waals surface area contributed by atoms with E-state index in [2.05, 4.69) is 10.3 Å². The summed E-state index contributed by atoms with van der Waals surface area (Å²) in [5.74, 6) is 0.407. The second-order valence-corrected chi connectivity index (χ2v) is 8.70. The van der Waals surface area contributed by atoms with Crippen molar-refractivity contribution in [3.8, 4) is 0 Å². The molecular weight excluding hydrogens is 392 g/mol. The van der Waals surface area contributed by atoms with Crippen LogP contribution in [0.25, 0.3) is 11.7 Å². The van der Waals surface area contributed by atoms with Crippen LogP contribution in [0.3, 0.4) is 0 Å². The molecule has 2 aromatic rings. The summed E-state index contributed by atoms with van der Waals surface area (Å²) < 4.78 is 2.08. The minimum Gasteiger partial charge on any atom is -0.369 e. The average molecular weight is 415 g/mol. The Labute approximate surface area is 173 Å². The molecule has 0 aromatic carbocycles. The third-order valence-electron chi connectivity index (χ3n) is 5.10. The summed E-state index contributed by atoms with van der Waals surface area (Å²) in [6.07, 6.45) is 8.48. The summed E-state index contributed by atoms with van der Waals surface area (Å²) in [5, 5.41) is 3.23. The summed E-state index contributed by atoms with van der Waals surface area (Å²) in [5.41, 5.74) is 0.765. The molecule has 4 rings (SSSR count). The van der Waals surface area contributed by atoms with Crippen LogP contribution in [0.1, 0.15) is 44.6 Å². The number of anilines is 1. The van der Waals surface area contributed by atoms with Crippen molar-refractivity contribution < 1.29 is 4.79 Å². The van der Waals surface area contributed by atoms with Gasteiger partial charge >= 0.3 is 0 Å². The predicted octanol–water partition coefficient (Wildman–Crippen LogP) is 3.66. The summed E-state index contributed by atoms with van der Waals surface area (Å²) in [7, 11) is 0. The molecule has 6 nitrogen and oxygen atoms in total. The third kappa shape index (κ3) is 3.46. The fourth-order valence-corrected chi connectivity index (χ4v) is 5.08. The molecule has 0 radical (unpaired) electrons. The van der Waals surface area contributed by atoms with Crippen molar-refractivity contribution in [2.24, 2.45) is 0 Å². The Balaban J connectivity index is 1.77. The van der Waals surface area contributed by atoms with Crippen LogP contribution in [0.2, 0.25) is 0 Å². The molecule has 1 aliphatic heterocycles. The summed E-state index contributed by atoms with van der Waals surface area (Å²) in [4.78, 5) is 32.9. The zero-order valence-corrected chi connectivity index (χ0v) is 17.3. The van der Waals surface area contributed by atoms with Crippen molar-refractivity contribution >= 4 is 51.7 Å². The molecule has 8 heteroatoms. The maximum Gasteiger partial charge on any atom is 0.267 e. The first-order valence-electron chi connectivity index (χ1n) is 9.62. The van der Waals surface area contributed by atoms with Gasteiger partial charge in [-0.1, -0.05) is 49.8 Å². The molecule has 2 aromatic heterocycles. The molecule has 2 aliphatic rings. The second-order valence-electron chi connectivity index (χ2n) is 7.02. The Bertz CT molecular complexity index is 1020. The molecule has 146 valence electrons. The number of nitrogens with one attached hydrogen (secondary N) is 1. The fourth-order valence-electron chi connectivity index (χ4n) is 3.70. The fraction of sp³-hybridized carbons (Fsp3) is 0.400. The molecule has 0 bridgehead atoms. The van der Waals surface area contributed by atoms with E-state index in [0.29, 0.717) is 32.8 Å². The van der Waals surface area contributed by atoms with E-state index in [0.717, 1.165) is 32.1 Å². The molecule has 1 saturated carbocycles. The predicted molar refractivity (Wildman–Crippen MR) is 118 cm³/mol. The highest BCUT2D eigenvalue weighted by molar-refractivity contribution is 8.26. The van der Waals surface area contributed by atoms with Gasteiger partial charge in [-0.3, -0.25) is 18.9 Å². The smallest absolute Gasteiger partial charge is 0.267 e. The zero-order chi connectivity index (χ0) is 19.7. The van der Waals surface area contributed by atoms with Crippen molar-refractivity contribution in [2.75, 3.05) is 11.9 Å². The van der Waals surface area contributed by atoms with E-state index in [9.17, 15) is 9.59 Å². The van der Waals surface area contributed by atoms with Gasteiger partial charge in [-0.15, -0.1) is 0 Å². The van der Waals surface area contributed by atoms with E-state index in [4.69, 9.17) is 12.2 Å². The molecule has 2 fully saturated rings. The van der Waals surface area contributed by atoms with E-state index in [1.165, 1.54) is 16.2 Å². The van der Waals surface area contributed by atoms with Crippen molar-refractivity contribution in [3.63, 3.8) is 0 Å². The number of thioether (sulfide) groups is 1. The van der Waals surface area contributed by atoms with Crippen molar-refractivity contribution in [1.29, 1.82) is 0 Å². The topological polar surface area (TPSA) is 66.7 Å². The van der Waals surface area contributed by atoms with Crippen LogP contribution in [0.4, 0.5) is 5.82 Å². The summed E-state index contributed by atoms with van der Waals surface area (Å²) >= 11 is 6.75. The normalized spacial score (nSPS) is 19.3. The quantitative estimate of drug-likeness (QED) is 0.595. The molecule has 28 heavy (non-hydrogen) atoms. The Morgan fingerprint density at radius 2 is 2.11 bits per heavy atom. The van der Waals surface area contributed by atoms with E-state index < -0.39 is 0 Å². The third-order valence-corrected chi connectivity index (χ3v) is 6.43. The molecule has 1 aliphatic carbocycles. The van der Waals surface area contributed by atoms with Gasteiger partial charge in [0.1, 0.15) is 15.8 Å². The average Bonchev–Trinajstić information content (AvgIpc) is 3.30. The van der Waals surface area contributed by atoms with Crippen molar-refractivity contribution in [1.82, 2.24) is 14.3 Å². The first kappa shape index (κ1) is 19.1. The molecule has 1 amide bonds. The lowest BCUT2D eigenvalue weighted by Crippen LogP contribution is -2.36. The summed E-state index contributed by atoms with van der Waals surface area (Å²) in [6.45, 7) is 2.74. The van der Waals surface area contributed by atoms with Gasteiger partial charge in [-0.05, 0) is 37.5 Å². The molecular formula is C20H22N4O2S2. The van der Waals surface area contributed by atoms with Gasteiger partial charge in [-0.2, -0.15) is 0 Å². The maximum atomic E-state index is 13.1. The number of carbonyl (C=O) groups excluding carboxylic acids is 1. The lowest BCUT2D eigenvalue weighted by Gasteiger charge is -2.21. The number of aromatic nitrogens is 2. The molecule has 1 N–H and O–H groups in total. The Hall–Kier alpha value is -2.19. The Morgan fingerprint density at radius 3 is 2.86 bits per heavy atom. The van der Waals surface area contributed by atoms with Crippen LogP contribution < -0.4 is 10.9 Å². The van der Waals surface area contributed by atoms with Gasteiger partial charge in [0.25, 0.3) is 11.5 Å². The zero-order valence-electron chi connectivity index (χ0n) is 15.7. The van der Waals surface area contributed by atoms with Crippen LogP contribution in [0, 0.1) is 0 Å². The van der Waals surface area contributed by atoms with Gasteiger partial charge in [0.15, 0.2) is 0 Å². The Morgan fingerprint density at radius 1 is 1.32 bits per heavy atom. The monoisotopic (exact) mass is 414 g/mol. The molecule has 0 atom stereocenters. The number of thiocarbonyl (C=S) groups is 1. The highest BCUT2D eigenvalue weighted by Crippen LogP contribution is 2.38. The van der Waals surface area contributed by atoms with Gasteiger partial charge < -0.3 is 5.32 Å². The molecule has 1 saturated heterocycles. The summed E-state index contributed by atoms with van der Waals surface area (Å²) in [6, 6.07) is 5.62. The van der Waals surface area contributed by atoms with Crippen LogP contribution in [-0.2, 0) is 4.79 Å². The number of fused-ring (bicyclic) bond motifs is 1. The maximum absolute atomic E-state index is 13.1. The van der Waals surface area contributed by atoms with Gasteiger partial charge in [0.2, 0.25) is 0 Å². The van der Waals surface area contributed by atoms with Crippen LogP contribution >= 0.6 is 24.0 Å². The minimum atomic E-state index is -0.199.